The molecule has 21 heavy (non-hydrogen) atoms. The summed E-state index contributed by atoms with van der Waals surface area (Å²) in [5.74, 6) is 1.00. The first-order valence-corrected chi connectivity index (χ1v) is 7.25. The third kappa shape index (κ3) is 2.74. The van der Waals surface area contributed by atoms with E-state index in [0.29, 0.717) is 17.2 Å². The first-order valence-electron chi connectivity index (χ1n) is 7.25. The summed E-state index contributed by atoms with van der Waals surface area (Å²) in [5, 5.41) is 11.9. The SMILES string of the molecule is CCCn1cc(Oc2nc3c(cc2C(=N)N)CCC3)cn1. The van der Waals surface area contributed by atoms with Gasteiger partial charge in [-0.1, -0.05) is 6.92 Å². The van der Waals surface area contributed by atoms with Gasteiger partial charge in [-0.25, -0.2) is 4.98 Å². The molecular formula is C15H19N5O. The van der Waals surface area contributed by atoms with Crippen molar-refractivity contribution in [1.82, 2.24) is 14.8 Å². The summed E-state index contributed by atoms with van der Waals surface area (Å²) in [6.07, 6.45) is 7.56. The number of rotatable bonds is 5. The smallest absolute Gasteiger partial charge is 0.230 e. The molecule has 0 saturated carbocycles. The maximum absolute atomic E-state index is 7.71. The Labute approximate surface area is 123 Å². The molecule has 1 aliphatic rings. The van der Waals surface area contributed by atoms with Gasteiger partial charge in [-0.3, -0.25) is 10.1 Å². The molecule has 1 aliphatic carbocycles. The molecule has 0 amide bonds. The second kappa shape index (κ2) is 5.55. The van der Waals surface area contributed by atoms with Crippen LogP contribution in [-0.4, -0.2) is 20.6 Å². The highest BCUT2D eigenvalue weighted by Crippen LogP contribution is 2.29. The first kappa shape index (κ1) is 13.6. The second-order valence-corrected chi connectivity index (χ2v) is 5.26. The Kier molecular flexibility index (Phi) is 3.60. The van der Waals surface area contributed by atoms with Crippen LogP contribution in [0.15, 0.2) is 18.5 Å². The summed E-state index contributed by atoms with van der Waals surface area (Å²) >= 11 is 0. The molecular weight excluding hydrogens is 266 g/mol. The molecule has 6 heteroatoms. The van der Waals surface area contributed by atoms with Crippen molar-refractivity contribution in [1.29, 1.82) is 5.41 Å². The summed E-state index contributed by atoms with van der Waals surface area (Å²) in [6.45, 7) is 2.94. The Hall–Kier alpha value is -2.37. The van der Waals surface area contributed by atoms with E-state index in [1.54, 1.807) is 6.20 Å². The highest BCUT2D eigenvalue weighted by molar-refractivity contribution is 5.97. The van der Waals surface area contributed by atoms with E-state index < -0.39 is 0 Å². The minimum absolute atomic E-state index is 0.0202. The number of aromatic nitrogens is 3. The third-order valence-electron chi connectivity index (χ3n) is 3.58. The molecule has 0 bridgehead atoms. The van der Waals surface area contributed by atoms with Crippen LogP contribution in [0.4, 0.5) is 0 Å². The van der Waals surface area contributed by atoms with Crippen molar-refractivity contribution < 1.29 is 4.74 Å². The lowest BCUT2D eigenvalue weighted by molar-refractivity contribution is 0.458. The number of hydrogen-bond acceptors (Lipinski definition) is 4. The van der Waals surface area contributed by atoms with Gasteiger partial charge in [0.1, 0.15) is 5.84 Å². The average Bonchev–Trinajstić information content (AvgIpc) is 3.07. The van der Waals surface area contributed by atoms with Crippen LogP contribution in [0, 0.1) is 5.41 Å². The number of nitrogen functional groups attached to an aromatic ring is 1. The second-order valence-electron chi connectivity index (χ2n) is 5.26. The van der Waals surface area contributed by atoms with E-state index in [9.17, 15) is 0 Å². The Morgan fingerprint density at radius 3 is 3.10 bits per heavy atom. The van der Waals surface area contributed by atoms with Crippen LogP contribution in [0.1, 0.15) is 36.6 Å². The number of ether oxygens (including phenoxy) is 1. The monoisotopic (exact) mass is 285 g/mol. The van der Waals surface area contributed by atoms with Crippen molar-refractivity contribution in [3.05, 3.63) is 35.3 Å². The molecule has 0 aromatic carbocycles. The summed E-state index contributed by atoms with van der Waals surface area (Å²) in [6, 6.07) is 1.93. The Morgan fingerprint density at radius 1 is 1.48 bits per heavy atom. The maximum atomic E-state index is 7.71. The standard InChI is InChI=1S/C15H19N5O/c1-2-6-20-9-11(8-18-20)21-15-12(14(16)17)7-10-4-3-5-13(10)19-15/h7-9H,2-6H2,1H3,(H3,16,17). The lowest BCUT2D eigenvalue weighted by Crippen LogP contribution is -2.14. The average molecular weight is 285 g/mol. The summed E-state index contributed by atoms with van der Waals surface area (Å²) in [4.78, 5) is 4.54. The zero-order valence-electron chi connectivity index (χ0n) is 12.1. The van der Waals surface area contributed by atoms with Gasteiger partial charge in [0, 0.05) is 12.2 Å². The molecule has 6 nitrogen and oxygen atoms in total. The maximum Gasteiger partial charge on any atom is 0.230 e. The van der Waals surface area contributed by atoms with Gasteiger partial charge in [0.25, 0.3) is 0 Å². The quantitative estimate of drug-likeness (QED) is 0.651. The highest BCUT2D eigenvalue weighted by Gasteiger charge is 2.19. The van der Waals surface area contributed by atoms with Gasteiger partial charge in [-0.15, -0.1) is 0 Å². The molecule has 0 atom stereocenters. The summed E-state index contributed by atoms with van der Waals surface area (Å²) in [7, 11) is 0. The third-order valence-corrected chi connectivity index (χ3v) is 3.58. The summed E-state index contributed by atoms with van der Waals surface area (Å²) < 4.78 is 7.64. The number of nitrogens with two attached hydrogens (primary N) is 1. The van der Waals surface area contributed by atoms with Crippen LogP contribution in [0.2, 0.25) is 0 Å². The van der Waals surface area contributed by atoms with Crippen LogP contribution in [0.5, 0.6) is 11.6 Å². The number of aryl methyl sites for hydroxylation is 3. The lowest BCUT2D eigenvalue weighted by atomic mass is 10.1. The number of fused-ring (bicyclic) bond motifs is 1. The number of hydrogen-bond donors (Lipinski definition) is 2. The van der Waals surface area contributed by atoms with Gasteiger partial charge in [0.15, 0.2) is 5.75 Å². The Bertz CT molecular complexity index is 677. The van der Waals surface area contributed by atoms with Gasteiger partial charge >= 0.3 is 0 Å². The molecule has 0 spiro atoms. The van der Waals surface area contributed by atoms with Crippen molar-refractivity contribution in [2.24, 2.45) is 5.73 Å². The molecule has 2 aromatic rings. The van der Waals surface area contributed by atoms with E-state index in [2.05, 4.69) is 17.0 Å². The minimum Gasteiger partial charge on any atom is -0.435 e. The number of amidine groups is 1. The summed E-state index contributed by atoms with van der Waals surface area (Å²) in [5.41, 5.74) is 8.44. The van der Waals surface area contributed by atoms with Crippen LogP contribution in [0.3, 0.4) is 0 Å². The zero-order chi connectivity index (χ0) is 14.8. The fourth-order valence-electron chi connectivity index (χ4n) is 2.58. The van der Waals surface area contributed by atoms with Crippen LogP contribution < -0.4 is 10.5 Å². The molecule has 0 saturated heterocycles. The number of pyridine rings is 1. The zero-order valence-corrected chi connectivity index (χ0v) is 12.1. The predicted octanol–water partition coefficient (Wildman–Crippen LogP) is 2.25. The molecule has 0 fully saturated rings. The topological polar surface area (TPSA) is 89.8 Å². The lowest BCUT2D eigenvalue weighted by Gasteiger charge is -2.10. The molecule has 0 unspecified atom stereocenters. The van der Waals surface area contributed by atoms with E-state index in [0.717, 1.165) is 37.9 Å². The van der Waals surface area contributed by atoms with E-state index in [1.807, 2.05) is 16.9 Å². The largest absolute Gasteiger partial charge is 0.435 e. The molecule has 2 aromatic heterocycles. The van der Waals surface area contributed by atoms with E-state index in [1.165, 1.54) is 5.56 Å². The fourth-order valence-corrected chi connectivity index (χ4v) is 2.58. The van der Waals surface area contributed by atoms with Crippen LogP contribution in [-0.2, 0) is 19.4 Å². The highest BCUT2D eigenvalue weighted by atomic mass is 16.5. The van der Waals surface area contributed by atoms with Crippen LogP contribution in [0.25, 0.3) is 0 Å². The molecule has 0 aliphatic heterocycles. The number of nitrogens with zero attached hydrogens (tertiary/aromatic N) is 3. The normalized spacial score (nSPS) is 13.2. The molecule has 2 heterocycles. The van der Waals surface area contributed by atoms with Crippen molar-refractivity contribution in [3.8, 4) is 11.6 Å². The predicted molar refractivity (Wildman–Crippen MR) is 79.9 cm³/mol. The Balaban J connectivity index is 1.91. The van der Waals surface area contributed by atoms with E-state index in [-0.39, 0.29) is 5.84 Å². The van der Waals surface area contributed by atoms with Crippen molar-refractivity contribution in [3.63, 3.8) is 0 Å². The van der Waals surface area contributed by atoms with Crippen molar-refractivity contribution in [2.45, 2.75) is 39.2 Å². The van der Waals surface area contributed by atoms with E-state index in [4.69, 9.17) is 15.9 Å². The molecule has 3 rings (SSSR count). The van der Waals surface area contributed by atoms with Gasteiger partial charge < -0.3 is 10.5 Å². The molecule has 0 radical (unpaired) electrons. The minimum atomic E-state index is -0.0202. The number of nitrogens with one attached hydrogen (secondary N) is 1. The molecule has 110 valence electrons. The first-order chi connectivity index (χ1) is 10.2. The van der Waals surface area contributed by atoms with Gasteiger partial charge in [0.05, 0.1) is 18.0 Å². The van der Waals surface area contributed by atoms with Crippen molar-refractivity contribution >= 4 is 5.84 Å². The fraction of sp³-hybridized carbons (Fsp3) is 0.400. The molecule has 3 N–H and O–H groups in total. The van der Waals surface area contributed by atoms with E-state index >= 15 is 0 Å². The van der Waals surface area contributed by atoms with Gasteiger partial charge in [0.2, 0.25) is 5.88 Å². The van der Waals surface area contributed by atoms with Gasteiger partial charge in [-0.05, 0) is 37.3 Å². The van der Waals surface area contributed by atoms with Crippen LogP contribution >= 0.6 is 0 Å². The van der Waals surface area contributed by atoms with Crippen molar-refractivity contribution in [2.75, 3.05) is 0 Å². The van der Waals surface area contributed by atoms with Gasteiger partial charge in [-0.2, -0.15) is 5.10 Å². The Morgan fingerprint density at radius 2 is 2.33 bits per heavy atom.